The maximum absolute atomic E-state index is 9.10. The van der Waals surface area contributed by atoms with Crippen molar-refractivity contribution in [1.29, 1.82) is 10.5 Å². The van der Waals surface area contributed by atoms with Gasteiger partial charge in [0, 0.05) is 46.7 Å². The fourth-order valence-corrected chi connectivity index (χ4v) is 3.45. The van der Waals surface area contributed by atoms with Gasteiger partial charge in [-0.3, -0.25) is 9.97 Å². The molecule has 0 aliphatic carbocycles. The van der Waals surface area contributed by atoms with E-state index < -0.39 is 0 Å². The zero-order valence-corrected chi connectivity index (χ0v) is 15.1. The van der Waals surface area contributed by atoms with Crippen molar-refractivity contribution in [2.24, 2.45) is 0 Å². The number of fused-ring (bicyclic) bond motifs is 3. The average molecular weight is 372 g/mol. The van der Waals surface area contributed by atoms with Crippen LogP contribution in [-0.2, 0) is 0 Å². The molecule has 0 radical (unpaired) electrons. The van der Waals surface area contributed by atoms with E-state index in [1.807, 2.05) is 48.5 Å². The number of benzene rings is 2. The highest BCUT2D eigenvalue weighted by atomic mass is 16.3. The van der Waals surface area contributed by atoms with Crippen molar-refractivity contribution in [1.82, 2.24) is 9.97 Å². The number of aromatic nitrogens is 2. The first-order valence-electron chi connectivity index (χ1n) is 8.92. The second kappa shape index (κ2) is 6.60. The standard InChI is InChI=1S/C24H12N4O/c25-9-15-5-19(13-27-11-15)17-1-3-21-22-4-2-18(8-24(22)29-23(21)7-17)20-6-16(10-26)12-28-14-20/h1-8,11-14H. The molecular formula is C24H12N4O. The molecule has 29 heavy (non-hydrogen) atoms. The number of rotatable bonds is 2. The van der Waals surface area contributed by atoms with E-state index in [0.717, 1.165) is 44.2 Å². The zero-order valence-electron chi connectivity index (χ0n) is 15.1. The molecule has 2 aromatic carbocycles. The van der Waals surface area contributed by atoms with Crippen LogP contribution < -0.4 is 0 Å². The van der Waals surface area contributed by atoms with E-state index in [4.69, 9.17) is 14.9 Å². The van der Waals surface area contributed by atoms with Crippen molar-refractivity contribution in [2.45, 2.75) is 0 Å². The first-order valence-corrected chi connectivity index (χ1v) is 8.92. The summed E-state index contributed by atoms with van der Waals surface area (Å²) in [5.41, 5.74) is 6.18. The Hall–Kier alpha value is -4.48. The minimum atomic E-state index is 0.519. The zero-order chi connectivity index (χ0) is 19.8. The van der Waals surface area contributed by atoms with Gasteiger partial charge in [-0.15, -0.1) is 0 Å². The number of nitriles is 2. The minimum absolute atomic E-state index is 0.519. The highest BCUT2D eigenvalue weighted by Crippen LogP contribution is 2.34. The molecule has 5 nitrogen and oxygen atoms in total. The van der Waals surface area contributed by atoms with Gasteiger partial charge >= 0.3 is 0 Å². The van der Waals surface area contributed by atoms with Gasteiger partial charge in [-0.1, -0.05) is 12.1 Å². The van der Waals surface area contributed by atoms with Crippen LogP contribution in [0.2, 0.25) is 0 Å². The van der Waals surface area contributed by atoms with Gasteiger partial charge < -0.3 is 4.42 Å². The van der Waals surface area contributed by atoms with Crippen LogP contribution in [0.15, 0.2) is 77.7 Å². The molecule has 0 unspecified atom stereocenters. The summed E-state index contributed by atoms with van der Waals surface area (Å²) in [6.45, 7) is 0. The molecule has 0 aliphatic heterocycles. The van der Waals surface area contributed by atoms with Crippen molar-refractivity contribution in [3.63, 3.8) is 0 Å². The van der Waals surface area contributed by atoms with Gasteiger partial charge in [0.2, 0.25) is 0 Å². The first kappa shape index (κ1) is 16.7. The summed E-state index contributed by atoms with van der Waals surface area (Å²) in [6.07, 6.45) is 6.55. The Labute approximate surface area is 166 Å². The third-order valence-electron chi connectivity index (χ3n) is 4.87. The van der Waals surface area contributed by atoms with Crippen LogP contribution in [0.1, 0.15) is 11.1 Å². The van der Waals surface area contributed by atoms with Crippen LogP contribution in [0.25, 0.3) is 44.2 Å². The van der Waals surface area contributed by atoms with E-state index >= 15 is 0 Å². The molecule has 5 rings (SSSR count). The van der Waals surface area contributed by atoms with Gasteiger partial charge in [-0.05, 0) is 47.5 Å². The van der Waals surface area contributed by atoms with Crippen molar-refractivity contribution in [2.75, 3.05) is 0 Å². The maximum Gasteiger partial charge on any atom is 0.136 e. The summed E-state index contributed by atoms with van der Waals surface area (Å²) in [4.78, 5) is 8.26. The average Bonchev–Trinajstić information content (AvgIpc) is 3.16. The highest BCUT2D eigenvalue weighted by Gasteiger charge is 2.11. The summed E-state index contributed by atoms with van der Waals surface area (Å²) in [5, 5.41) is 20.2. The van der Waals surface area contributed by atoms with Crippen LogP contribution in [0.5, 0.6) is 0 Å². The van der Waals surface area contributed by atoms with E-state index in [2.05, 4.69) is 22.1 Å². The Morgan fingerprint density at radius 2 is 1.07 bits per heavy atom. The molecule has 0 aliphatic rings. The Bertz CT molecular complexity index is 1370. The molecule has 0 N–H and O–H groups in total. The summed E-state index contributed by atoms with van der Waals surface area (Å²) < 4.78 is 6.12. The van der Waals surface area contributed by atoms with Crippen LogP contribution in [0.4, 0.5) is 0 Å². The topological polar surface area (TPSA) is 86.5 Å². The lowest BCUT2D eigenvalue weighted by molar-refractivity contribution is 0.669. The van der Waals surface area contributed by atoms with Crippen molar-refractivity contribution >= 4 is 21.9 Å². The van der Waals surface area contributed by atoms with Gasteiger partial charge in [0.05, 0.1) is 11.1 Å². The molecule has 3 heterocycles. The van der Waals surface area contributed by atoms with Gasteiger partial charge in [0.25, 0.3) is 0 Å². The van der Waals surface area contributed by atoms with E-state index in [-0.39, 0.29) is 0 Å². The quantitative estimate of drug-likeness (QED) is 0.411. The van der Waals surface area contributed by atoms with Crippen LogP contribution in [-0.4, -0.2) is 9.97 Å². The molecule has 0 bridgehead atoms. The normalized spacial score (nSPS) is 10.7. The van der Waals surface area contributed by atoms with Gasteiger partial charge in [0.1, 0.15) is 23.3 Å². The molecule has 5 heteroatoms. The Kier molecular flexibility index (Phi) is 3.79. The molecule has 5 aromatic rings. The lowest BCUT2D eigenvalue weighted by atomic mass is 10.0. The Morgan fingerprint density at radius 3 is 1.52 bits per heavy atom. The van der Waals surface area contributed by atoms with Crippen LogP contribution >= 0.6 is 0 Å². The Morgan fingerprint density at radius 1 is 0.586 bits per heavy atom. The predicted molar refractivity (Wildman–Crippen MR) is 110 cm³/mol. The third-order valence-corrected chi connectivity index (χ3v) is 4.87. The molecule has 0 atom stereocenters. The van der Waals surface area contributed by atoms with Crippen molar-refractivity contribution in [3.8, 4) is 34.4 Å². The minimum Gasteiger partial charge on any atom is -0.456 e. The second-order valence-corrected chi connectivity index (χ2v) is 6.67. The lowest BCUT2D eigenvalue weighted by Gasteiger charge is -2.01. The van der Waals surface area contributed by atoms with E-state index in [9.17, 15) is 0 Å². The number of pyridine rings is 2. The van der Waals surface area contributed by atoms with Crippen molar-refractivity contribution < 1.29 is 4.42 Å². The molecule has 0 fully saturated rings. The first-order chi connectivity index (χ1) is 14.2. The summed E-state index contributed by atoms with van der Waals surface area (Å²) in [5.74, 6) is 0. The SMILES string of the molecule is N#Cc1cncc(-c2ccc3c(c2)oc2cc(-c4cncc(C#N)c4)ccc23)c1. The van der Waals surface area contributed by atoms with Gasteiger partial charge in [-0.25, -0.2) is 0 Å². The highest BCUT2D eigenvalue weighted by molar-refractivity contribution is 6.06. The monoisotopic (exact) mass is 372 g/mol. The molecule has 0 saturated heterocycles. The van der Waals surface area contributed by atoms with Crippen molar-refractivity contribution in [3.05, 3.63) is 84.4 Å². The number of furan rings is 1. The van der Waals surface area contributed by atoms with E-state index in [1.165, 1.54) is 0 Å². The van der Waals surface area contributed by atoms with Crippen LogP contribution in [0, 0.1) is 22.7 Å². The number of hydrogen-bond acceptors (Lipinski definition) is 5. The van der Waals surface area contributed by atoms with E-state index in [0.29, 0.717) is 11.1 Å². The molecular weight excluding hydrogens is 360 g/mol. The largest absolute Gasteiger partial charge is 0.456 e. The summed E-state index contributed by atoms with van der Waals surface area (Å²) >= 11 is 0. The fourth-order valence-electron chi connectivity index (χ4n) is 3.45. The maximum atomic E-state index is 9.10. The third kappa shape index (κ3) is 2.88. The lowest BCUT2D eigenvalue weighted by Crippen LogP contribution is -1.83. The molecule has 134 valence electrons. The summed E-state index contributed by atoms with van der Waals surface area (Å²) in [6, 6.07) is 19.8. The molecule has 3 aromatic heterocycles. The molecule has 0 amide bonds. The molecule has 0 spiro atoms. The second-order valence-electron chi connectivity index (χ2n) is 6.67. The number of nitrogens with zero attached hydrogens (tertiary/aromatic N) is 4. The van der Waals surface area contributed by atoms with E-state index in [1.54, 1.807) is 24.8 Å². The number of hydrogen-bond donors (Lipinski definition) is 0. The molecule has 0 saturated carbocycles. The van der Waals surface area contributed by atoms with Crippen LogP contribution in [0.3, 0.4) is 0 Å². The smallest absolute Gasteiger partial charge is 0.136 e. The fraction of sp³-hybridized carbons (Fsp3) is 0. The summed E-state index contributed by atoms with van der Waals surface area (Å²) in [7, 11) is 0. The predicted octanol–water partition coefficient (Wildman–Crippen LogP) is 5.45. The van der Waals surface area contributed by atoms with Gasteiger partial charge in [0.15, 0.2) is 0 Å². The Balaban J connectivity index is 1.63. The van der Waals surface area contributed by atoms with Gasteiger partial charge in [-0.2, -0.15) is 10.5 Å².